The van der Waals surface area contributed by atoms with Crippen molar-refractivity contribution in [2.45, 2.75) is 12.6 Å². The van der Waals surface area contributed by atoms with Crippen LogP contribution in [0.25, 0.3) is 10.9 Å². The van der Waals surface area contributed by atoms with E-state index in [9.17, 15) is 9.59 Å². The largest absolute Gasteiger partial charge is 0.379 e. The Morgan fingerprint density at radius 3 is 2.59 bits per heavy atom. The lowest BCUT2D eigenvalue weighted by atomic mass is 10.0. The van der Waals surface area contributed by atoms with Crippen molar-refractivity contribution in [3.63, 3.8) is 0 Å². The van der Waals surface area contributed by atoms with Crippen molar-refractivity contribution in [1.82, 2.24) is 20.0 Å². The average molecular weight is 392 g/mol. The molecule has 1 aliphatic rings. The number of aromatic nitrogens is 2. The molecule has 1 amide bonds. The highest BCUT2D eigenvalue weighted by Crippen LogP contribution is 2.21. The minimum absolute atomic E-state index is 0.0609. The first-order valence-corrected chi connectivity index (χ1v) is 9.81. The summed E-state index contributed by atoms with van der Waals surface area (Å²) < 4.78 is 7.04. The summed E-state index contributed by atoms with van der Waals surface area (Å²) in [7, 11) is 0. The molecule has 1 N–H and O–H groups in total. The molecule has 0 saturated carbocycles. The Balaban J connectivity index is 1.47. The number of morpholine rings is 1. The van der Waals surface area contributed by atoms with Crippen molar-refractivity contribution < 1.29 is 9.53 Å². The van der Waals surface area contributed by atoms with Crippen LogP contribution in [0.4, 0.5) is 0 Å². The number of carbonyl (C=O) groups is 1. The summed E-state index contributed by atoms with van der Waals surface area (Å²) in [5.41, 5.74) is 1.68. The standard InChI is InChI=1S/C22H24N4O3/c27-21-15-24-26(19-9-5-4-8-18(19)21)16-22(28)23-14-20(17-6-2-1-3-7-17)25-10-12-29-13-11-25/h1-9,15,20H,10-14,16H2,(H,23,28). The highest BCUT2D eigenvalue weighted by molar-refractivity contribution is 5.81. The quantitative estimate of drug-likeness (QED) is 0.689. The van der Waals surface area contributed by atoms with Gasteiger partial charge in [-0.1, -0.05) is 42.5 Å². The fourth-order valence-electron chi connectivity index (χ4n) is 3.71. The van der Waals surface area contributed by atoms with Crippen molar-refractivity contribution in [2.24, 2.45) is 0 Å². The molecule has 0 spiro atoms. The van der Waals surface area contributed by atoms with E-state index in [0.29, 0.717) is 30.7 Å². The molecule has 1 aliphatic heterocycles. The van der Waals surface area contributed by atoms with E-state index in [1.54, 1.807) is 22.9 Å². The highest BCUT2D eigenvalue weighted by atomic mass is 16.5. The van der Waals surface area contributed by atoms with E-state index in [4.69, 9.17) is 4.74 Å². The average Bonchev–Trinajstić information content (AvgIpc) is 2.77. The van der Waals surface area contributed by atoms with Crippen molar-refractivity contribution in [1.29, 1.82) is 0 Å². The maximum absolute atomic E-state index is 12.7. The van der Waals surface area contributed by atoms with Gasteiger partial charge >= 0.3 is 0 Å². The van der Waals surface area contributed by atoms with Crippen molar-refractivity contribution in [3.8, 4) is 0 Å². The lowest BCUT2D eigenvalue weighted by Gasteiger charge is -2.35. The predicted octanol–water partition coefficient (Wildman–Crippen LogP) is 1.59. The molecular formula is C22H24N4O3. The van der Waals surface area contributed by atoms with Crippen LogP contribution in [0.3, 0.4) is 0 Å². The molecule has 1 atom stereocenters. The second kappa shape index (κ2) is 8.98. The number of hydrogen-bond donors (Lipinski definition) is 1. The summed E-state index contributed by atoms with van der Waals surface area (Å²) in [6.45, 7) is 3.63. The molecule has 1 unspecified atom stereocenters. The van der Waals surface area contributed by atoms with Gasteiger partial charge in [-0.15, -0.1) is 0 Å². The second-order valence-electron chi connectivity index (χ2n) is 7.06. The summed E-state index contributed by atoms with van der Waals surface area (Å²) in [5, 5.41) is 7.74. The van der Waals surface area contributed by atoms with E-state index in [0.717, 1.165) is 13.1 Å². The lowest BCUT2D eigenvalue weighted by Crippen LogP contribution is -2.44. The molecule has 3 aromatic rings. The van der Waals surface area contributed by atoms with Gasteiger partial charge < -0.3 is 10.1 Å². The molecule has 0 radical (unpaired) electrons. The maximum Gasteiger partial charge on any atom is 0.241 e. The van der Waals surface area contributed by atoms with Crippen LogP contribution in [0.1, 0.15) is 11.6 Å². The van der Waals surface area contributed by atoms with E-state index < -0.39 is 0 Å². The molecule has 29 heavy (non-hydrogen) atoms. The van der Waals surface area contributed by atoms with Gasteiger partial charge in [-0.2, -0.15) is 5.10 Å². The van der Waals surface area contributed by atoms with Gasteiger partial charge in [-0.05, 0) is 17.7 Å². The molecule has 0 bridgehead atoms. The van der Waals surface area contributed by atoms with Crippen LogP contribution in [0.2, 0.25) is 0 Å². The normalized spacial score (nSPS) is 15.9. The monoisotopic (exact) mass is 392 g/mol. The Bertz CT molecular complexity index is 1030. The van der Waals surface area contributed by atoms with Crippen LogP contribution < -0.4 is 10.7 Å². The zero-order chi connectivity index (χ0) is 20.1. The third kappa shape index (κ3) is 4.52. The number of amides is 1. The van der Waals surface area contributed by atoms with Crippen LogP contribution in [0.15, 0.2) is 65.6 Å². The molecule has 0 aliphatic carbocycles. The molecule has 150 valence electrons. The van der Waals surface area contributed by atoms with Crippen LogP contribution in [-0.4, -0.2) is 53.4 Å². The summed E-state index contributed by atoms with van der Waals surface area (Å²) in [6.07, 6.45) is 1.26. The number of rotatable bonds is 6. The zero-order valence-corrected chi connectivity index (χ0v) is 16.2. The Hall–Kier alpha value is -3.03. The predicted molar refractivity (Wildman–Crippen MR) is 111 cm³/mol. The summed E-state index contributed by atoms with van der Waals surface area (Å²) in [5.74, 6) is -0.138. The fraction of sp³-hybridized carbons (Fsp3) is 0.318. The number of ether oxygens (including phenoxy) is 1. The van der Waals surface area contributed by atoms with Crippen molar-refractivity contribution >= 4 is 16.8 Å². The fourth-order valence-corrected chi connectivity index (χ4v) is 3.71. The van der Waals surface area contributed by atoms with Crippen molar-refractivity contribution in [2.75, 3.05) is 32.8 Å². The van der Waals surface area contributed by atoms with Gasteiger partial charge in [0.15, 0.2) is 0 Å². The first-order valence-electron chi connectivity index (χ1n) is 9.81. The SMILES string of the molecule is O=C(Cn1ncc(=O)c2ccccc21)NCC(c1ccccc1)N1CCOCC1. The van der Waals surface area contributed by atoms with Gasteiger partial charge in [0.2, 0.25) is 11.3 Å². The minimum Gasteiger partial charge on any atom is -0.379 e. The second-order valence-corrected chi connectivity index (χ2v) is 7.06. The first-order chi connectivity index (χ1) is 14.2. The number of nitrogens with zero attached hydrogens (tertiary/aromatic N) is 3. The first kappa shape index (κ1) is 19.3. The maximum atomic E-state index is 12.7. The number of carbonyl (C=O) groups excluding carboxylic acids is 1. The smallest absolute Gasteiger partial charge is 0.241 e. The van der Waals surface area contributed by atoms with Crippen molar-refractivity contribution in [3.05, 3.63) is 76.6 Å². The molecule has 7 nitrogen and oxygen atoms in total. The molecule has 2 heterocycles. The number of hydrogen-bond acceptors (Lipinski definition) is 5. The molecule has 4 rings (SSSR count). The molecule has 7 heteroatoms. The van der Waals surface area contributed by atoms with Crippen LogP contribution in [0.5, 0.6) is 0 Å². The van der Waals surface area contributed by atoms with Crippen LogP contribution >= 0.6 is 0 Å². The summed E-state index contributed by atoms with van der Waals surface area (Å²) in [4.78, 5) is 27.0. The molecular weight excluding hydrogens is 368 g/mol. The van der Waals surface area contributed by atoms with E-state index in [1.807, 2.05) is 24.3 Å². The Labute approximate surface area is 168 Å². The van der Waals surface area contributed by atoms with E-state index in [1.165, 1.54) is 11.8 Å². The zero-order valence-electron chi connectivity index (χ0n) is 16.2. The Morgan fingerprint density at radius 1 is 1.07 bits per heavy atom. The van der Waals surface area contributed by atoms with Gasteiger partial charge in [0, 0.05) is 25.0 Å². The van der Waals surface area contributed by atoms with Crippen LogP contribution in [0, 0.1) is 0 Å². The molecule has 1 fully saturated rings. The summed E-state index contributed by atoms with van der Waals surface area (Å²) in [6, 6.07) is 17.5. The van der Waals surface area contributed by atoms with Gasteiger partial charge in [-0.3, -0.25) is 19.2 Å². The minimum atomic E-state index is -0.145. The lowest BCUT2D eigenvalue weighted by molar-refractivity contribution is -0.122. The van der Waals surface area contributed by atoms with E-state index in [-0.39, 0.29) is 23.9 Å². The molecule has 1 aromatic heterocycles. The Kier molecular flexibility index (Phi) is 5.97. The van der Waals surface area contributed by atoms with E-state index in [2.05, 4.69) is 27.4 Å². The number of nitrogens with one attached hydrogen (secondary N) is 1. The number of fused-ring (bicyclic) bond motifs is 1. The molecule has 2 aromatic carbocycles. The van der Waals surface area contributed by atoms with Gasteiger partial charge in [0.25, 0.3) is 0 Å². The van der Waals surface area contributed by atoms with E-state index >= 15 is 0 Å². The van der Waals surface area contributed by atoms with Gasteiger partial charge in [-0.25, -0.2) is 0 Å². The number of para-hydroxylation sites is 1. The number of benzene rings is 2. The van der Waals surface area contributed by atoms with Gasteiger partial charge in [0.1, 0.15) is 6.54 Å². The topological polar surface area (TPSA) is 76.5 Å². The summed E-state index contributed by atoms with van der Waals surface area (Å²) >= 11 is 0. The third-order valence-electron chi connectivity index (χ3n) is 5.22. The van der Waals surface area contributed by atoms with Crippen LogP contribution in [-0.2, 0) is 16.1 Å². The Morgan fingerprint density at radius 2 is 1.79 bits per heavy atom. The highest BCUT2D eigenvalue weighted by Gasteiger charge is 2.23. The third-order valence-corrected chi connectivity index (χ3v) is 5.22. The molecule has 1 saturated heterocycles. The van der Waals surface area contributed by atoms with Gasteiger partial charge in [0.05, 0.1) is 31.0 Å².